The Balaban J connectivity index is 0.000000151. The minimum atomic E-state index is 0. The molecule has 0 bridgehead atoms. The average molecular weight is 953 g/mol. The predicted octanol–water partition coefficient (Wildman–Crippen LogP) is 7.20. The minimum absolute atomic E-state index is 0. The molecule has 0 radical (unpaired) electrons. The van der Waals surface area contributed by atoms with Crippen LogP contribution in [0.3, 0.4) is 0 Å². The molecule has 0 spiro atoms. The molecular formula is C35H22Au2N6O2. The van der Waals surface area contributed by atoms with Crippen molar-refractivity contribution in [1.82, 2.24) is 29.9 Å². The van der Waals surface area contributed by atoms with Crippen molar-refractivity contribution < 1.29 is 53.6 Å². The first-order valence-corrected chi connectivity index (χ1v) is 13.2. The molecule has 0 aliphatic carbocycles. The van der Waals surface area contributed by atoms with E-state index < -0.39 is 0 Å². The first kappa shape index (κ1) is 33.2. The van der Waals surface area contributed by atoms with Crippen LogP contribution in [0.1, 0.15) is 22.8 Å². The second-order valence-electron chi connectivity index (χ2n) is 9.24. The van der Waals surface area contributed by atoms with Gasteiger partial charge in [-0.1, -0.05) is 60.7 Å². The molecule has 0 unspecified atom stereocenters. The fourth-order valence-corrected chi connectivity index (χ4v) is 4.50. The molecule has 4 aromatic carbocycles. The van der Waals surface area contributed by atoms with Crippen LogP contribution < -0.4 is 0 Å². The normalized spacial score (nSPS) is 10.0. The van der Waals surface area contributed by atoms with E-state index in [4.69, 9.17) is 21.8 Å². The third-order valence-electron chi connectivity index (χ3n) is 6.53. The number of nitrogens with zero attached hydrogens (tertiary/aromatic N) is 6. The molecule has 0 atom stereocenters. The molecule has 226 valence electrons. The van der Waals surface area contributed by atoms with Gasteiger partial charge in [0.2, 0.25) is 0 Å². The second-order valence-corrected chi connectivity index (χ2v) is 9.24. The van der Waals surface area contributed by atoms with Gasteiger partial charge in [0.05, 0.1) is 6.42 Å². The number of rotatable bonds is 3. The van der Waals surface area contributed by atoms with Gasteiger partial charge in [0.15, 0.2) is 0 Å². The van der Waals surface area contributed by atoms with Crippen molar-refractivity contribution in [3.8, 4) is 5.92 Å². The molecule has 0 saturated carbocycles. The number of benzene rings is 4. The third kappa shape index (κ3) is 7.87. The Hall–Kier alpha value is -4.72. The quantitative estimate of drug-likeness (QED) is 0.104. The van der Waals surface area contributed by atoms with Crippen LogP contribution in [-0.4, -0.2) is 29.9 Å². The average Bonchev–Trinajstić information content (AvgIpc) is 3.63. The number of hydrogen-bond acceptors (Lipinski definition) is 8. The van der Waals surface area contributed by atoms with Crippen LogP contribution in [0.15, 0.2) is 119 Å². The Morgan fingerprint density at radius 3 is 1.58 bits per heavy atom. The number of aromatic nitrogens is 6. The summed E-state index contributed by atoms with van der Waals surface area (Å²) in [6, 6.07) is 27.6. The first-order chi connectivity index (χ1) is 21.2. The topological polar surface area (TPSA) is 104 Å². The van der Waals surface area contributed by atoms with Gasteiger partial charge in [0, 0.05) is 21.5 Å². The molecule has 8 rings (SSSR count). The molecule has 4 heterocycles. The van der Waals surface area contributed by atoms with Crippen molar-refractivity contribution in [2.45, 2.75) is 6.42 Å². The summed E-state index contributed by atoms with van der Waals surface area (Å²) in [5.74, 6) is 3.66. The van der Waals surface area contributed by atoms with E-state index in [1.54, 1.807) is 6.08 Å². The fraction of sp³-hybridized carbons (Fsp3) is 0.0286. The molecule has 0 aliphatic heterocycles. The van der Waals surface area contributed by atoms with E-state index in [2.05, 4.69) is 41.9 Å². The van der Waals surface area contributed by atoms with Crippen molar-refractivity contribution in [1.29, 1.82) is 0 Å². The van der Waals surface area contributed by atoms with E-state index >= 15 is 0 Å². The molecular weight excluding hydrogens is 930 g/mol. The molecule has 8 aromatic rings. The maximum Gasteiger partial charge on any atom is 1.00 e. The first-order valence-electron chi connectivity index (χ1n) is 13.2. The van der Waals surface area contributed by atoms with Crippen LogP contribution in [-0.2, 0) is 51.2 Å². The molecule has 0 fully saturated rings. The Morgan fingerprint density at radius 1 is 0.600 bits per heavy atom. The van der Waals surface area contributed by atoms with Crippen LogP contribution in [0.25, 0.3) is 50.0 Å². The summed E-state index contributed by atoms with van der Waals surface area (Å²) in [5.41, 5.74) is 5.21. The Bertz CT molecular complexity index is 2170. The van der Waals surface area contributed by atoms with E-state index in [0.717, 1.165) is 55.0 Å². The van der Waals surface area contributed by atoms with Gasteiger partial charge in [-0.15, -0.1) is 17.7 Å². The minimum Gasteiger partial charge on any atom is -0.458 e. The van der Waals surface area contributed by atoms with Crippen molar-refractivity contribution in [3.05, 3.63) is 146 Å². The summed E-state index contributed by atoms with van der Waals surface area (Å²) in [4.78, 5) is 23.2. The molecule has 0 N–H and O–H groups in total. The van der Waals surface area contributed by atoms with Crippen LogP contribution in [0.2, 0.25) is 0 Å². The summed E-state index contributed by atoms with van der Waals surface area (Å²) >= 11 is 0. The monoisotopic (exact) mass is 952 g/mol. The summed E-state index contributed by atoms with van der Waals surface area (Å²) < 4.78 is 11.4. The van der Waals surface area contributed by atoms with Crippen molar-refractivity contribution in [2.75, 3.05) is 0 Å². The van der Waals surface area contributed by atoms with Gasteiger partial charge in [-0.25, -0.2) is 36.0 Å². The van der Waals surface area contributed by atoms with Crippen LogP contribution in [0, 0.1) is 18.9 Å². The SMILES string of the molecule is [Au+].[Au+].[C-]#Cc1ccc2c(c1)oc1ccccc12.[CH-]=Cc1ccc2c(c1)oc1ccccc12.c1ncnc(Cc2ncncn2)n1. The van der Waals surface area contributed by atoms with Crippen molar-refractivity contribution in [3.63, 3.8) is 0 Å². The third-order valence-corrected chi connectivity index (χ3v) is 6.53. The van der Waals surface area contributed by atoms with Crippen LogP contribution in [0.5, 0.6) is 0 Å². The Kier molecular flexibility index (Phi) is 11.7. The van der Waals surface area contributed by atoms with Gasteiger partial charge in [0.1, 0.15) is 59.3 Å². The van der Waals surface area contributed by atoms with Crippen molar-refractivity contribution in [2.24, 2.45) is 0 Å². The summed E-state index contributed by atoms with van der Waals surface area (Å²) in [5, 5.41) is 4.49. The maximum atomic E-state index is 7.06. The molecule has 4 aromatic heterocycles. The van der Waals surface area contributed by atoms with Gasteiger partial charge >= 0.3 is 44.8 Å². The van der Waals surface area contributed by atoms with Crippen LogP contribution in [0.4, 0.5) is 0 Å². The largest absolute Gasteiger partial charge is 1.00 e. The smallest absolute Gasteiger partial charge is 0.458 e. The molecule has 8 nitrogen and oxygen atoms in total. The standard InChI is InChI=1S/C14H9O.C14H7O.C7H6N6.2Au/c2*1-2-10-7-8-12-11-5-3-4-6-13(11)15-14(12)9-10;1(6-10-2-8-3-11-6)7-12-4-9-5-13-7;;/h1-9H;3-9H;2-5H,1H2;;/q2*-1;;2*+1. The maximum absolute atomic E-state index is 7.06. The zero-order valence-corrected chi connectivity index (χ0v) is 27.7. The molecule has 10 heteroatoms. The molecule has 0 aliphatic rings. The number of para-hydroxylation sites is 2. The second kappa shape index (κ2) is 15.8. The number of fused-ring (bicyclic) bond motifs is 6. The van der Waals surface area contributed by atoms with E-state index in [0.29, 0.717) is 18.1 Å². The summed E-state index contributed by atoms with van der Waals surface area (Å²) in [7, 11) is 0. The zero-order chi connectivity index (χ0) is 29.4. The van der Waals surface area contributed by atoms with Crippen molar-refractivity contribution >= 4 is 50.0 Å². The molecule has 45 heavy (non-hydrogen) atoms. The van der Waals surface area contributed by atoms with Gasteiger partial charge < -0.3 is 15.3 Å². The van der Waals surface area contributed by atoms with Gasteiger partial charge in [-0.3, -0.25) is 12.5 Å². The zero-order valence-electron chi connectivity index (χ0n) is 23.4. The Morgan fingerprint density at radius 2 is 1.07 bits per heavy atom. The Labute approximate surface area is 290 Å². The number of hydrogen-bond donors (Lipinski definition) is 0. The summed E-state index contributed by atoms with van der Waals surface area (Å²) in [6.45, 7) is 5.47. The van der Waals surface area contributed by atoms with E-state index in [1.165, 1.54) is 25.3 Å². The fourth-order valence-electron chi connectivity index (χ4n) is 4.50. The van der Waals surface area contributed by atoms with E-state index in [-0.39, 0.29) is 44.8 Å². The summed E-state index contributed by atoms with van der Waals surface area (Å²) in [6.07, 6.45) is 14.9. The van der Waals surface area contributed by atoms with Crippen LogP contribution >= 0.6 is 0 Å². The van der Waals surface area contributed by atoms with Gasteiger partial charge in [-0.2, -0.15) is 5.56 Å². The molecule has 0 saturated heterocycles. The molecule has 0 amide bonds. The van der Waals surface area contributed by atoms with Gasteiger partial charge in [0.25, 0.3) is 0 Å². The number of furan rings is 2. The van der Waals surface area contributed by atoms with E-state index in [1.807, 2.05) is 78.9 Å². The predicted molar refractivity (Wildman–Crippen MR) is 165 cm³/mol. The van der Waals surface area contributed by atoms with E-state index in [9.17, 15) is 0 Å². The van der Waals surface area contributed by atoms with Gasteiger partial charge in [-0.05, 0) is 12.1 Å².